The van der Waals surface area contributed by atoms with Gasteiger partial charge in [-0.1, -0.05) is 30.7 Å². The lowest BCUT2D eigenvalue weighted by Gasteiger charge is -2.58. The van der Waals surface area contributed by atoms with Gasteiger partial charge in [0.1, 0.15) is 30.0 Å². The van der Waals surface area contributed by atoms with Gasteiger partial charge in [-0.25, -0.2) is 9.59 Å². The highest BCUT2D eigenvalue weighted by molar-refractivity contribution is 5.83. The molecule has 4 bridgehead atoms. The molecule has 9 heteroatoms. The second-order valence-corrected chi connectivity index (χ2v) is 11.8. The van der Waals surface area contributed by atoms with Crippen molar-refractivity contribution in [3.05, 3.63) is 47.6 Å². The molecule has 6 aliphatic rings. The summed E-state index contributed by atoms with van der Waals surface area (Å²) in [5, 5.41) is 21.7. The Morgan fingerprint density at radius 3 is 2.61 bits per heavy atom. The smallest absolute Gasteiger partial charge is 0.331 e. The number of epoxide rings is 1. The minimum atomic E-state index is -1.47. The maximum atomic E-state index is 13.2. The fourth-order valence-corrected chi connectivity index (χ4v) is 7.68. The van der Waals surface area contributed by atoms with Crippen molar-refractivity contribution in [3.63, 3.8) is 0 Å². The number of hydrogen-bond acceptors (Lipinski definition) is 9. The Balaban J connectivity index is 1.44. The molecule has 2 N–H and O–H groups in total. The molecule has 0 amide bonds. The molecule has 1 saturated carbocycles. The first-order valence-corrected chi connectivity index (χ1v) is 13.5. The molecule has 9 atom stereocenters. The number of ether oxygens (including phenoxy) is 5. The van der Waals surface area contributed by atoms with Crippen LogP contribution in [0.3, 0.4) is 0 Å². The van der Waals surface area contributed by atoms with Crippen molar-refractivity contribution >= 4 is 11.9 Å². The summed E-state index contributed by atoms with van der Waals surface area (Å²) in [7, 11) is 0. The van der Waals surface area contributed by atoms with Gasteiger partial charge in [-0.3, -0.25) is 0 Å². The van der Waals surface area contributed by atoms with Gasteiger partial charge in [-0.15, -0.1) is 0 Å². The Bertz CT molecular complexity index is 1150. The Morgan fingerprint density at radius 2 is 1.87 bits per heavy atom. The SMILES string of the molecule is CC1=CC2OC3CC4OC(=O)/C=C\C=C/C5(C(C)O)OCCC(=CC(=O)OCC2(CC1)C4(C)C31CO1)C5O. The number of cyclic esters (lactones) is 1. The maximum Gasteiger partial charge on any atom is 0.331 e. The zero-order chi connectivity index (χ0) is 26.9. The molecular formula is C29H36O9. The summed E-state index contributed by atoms with van der Waals surface area (Å²) in [6, 6.07) is 0. The number of aliphatic hydroxyl groups excluding tert-OH is 2. The number of hydrogen-bond donors (Lipinski definition) is 2. The number of rotatable bonds is 1. The molecule has 3 saturated heterocycles. The van der Waals surface area contributed by atoms with E-state index < -0.39 is 52.3 Å². The molecule has 6 rings (SSSR count). The second-order valence-electron chi connectivity index (χ2n) is 11.8. The zero-order valence-electron chi connectivity index (χ0n) is 22.1. The van der Waals surface area contributed by atoms with Crippen LogP contribution in [0.1, 0.15) is 46.5 Å². The van der Waals surface area contributed by atoms with Crippen LogP contribution in [0, 0.1) is 10.8 Å². The van der Waals surface area contributed by atoms with Crippen molar-refractivity contribution in [2.24, 2.45) is 10.8 Å². The number of esters is 2. The lowest BCUT2D eigenvalue weighted by Crippen LogP contribution is -2.66. The second kappa shape index (κ2) is 8.86. The van der Waals surface area contributed by atoms with Crippen molar-refractivity contribution in [1.82, 2.24) is 0 Å². The van der Waals surface area contributed by atoms with Crippen molar-refractivity contribution in [1.29, 1.82) is 0 Å². The van der Waals surface area contributed by atoms with E-state index in [4.69, 9.17) is 23.7 Å². The third-order valence-electron chi connectivity index (χ3n) is 10.1. The molecule has 2 aliphatic carbocycles. The van der Waals surface area contributed by atoms with E-state index in [1.807, 2.05) is 0 Å². The highest BCUT2D eigenvalue weighted by Gasteiger charge is 2.83. The molecule has 9 unspecified atom stereocenters. The van der Waals surface area contributed by atoms with E-state index in [1.54, 1.807) is 6.08 Å². The van der Waals surface area contributed by atoms with Gasteiger partial charge in [0.05, 0.1) is 36.9 Å². The van der Waals surface area contributed by atoms with E-state index in [1.165, 1.54) is 36.8 Å². The Morgan fingerprint density at radius 1 is 1.08 bits per heavy atom. The number of carbonyl (C=O) groups excluding carboxylic acids is 2. The predicted molar refractivity (Wildman–Crippen MR) is 134 cm³/mol. The molecule has 4 aliphatic heterocycles. The molecular weight excluding hydrogens is 492 g/mol. The summed E-state index contributed by atoms with van der Waals surface area (Å²) in [6.07, 6.45) is 8.21. The van der Waals surface area contributed by atoms with Gasteiger partial charge in [-0.2, -0.15) is 0 Å². The van der Waals surface area contributed by atoms with Crippen LogP contribution in [0.2, 0.25) is 0 Å². The van der Waals surface area contributed by atoms with Crippen LogP contribution in [0.4, 0.5) is 0 Å². The third-order valence-corrected chi connectivity index (χ3v) is 10.1. The molecule has 0 radical (unpaired) electrons. The van der Waals surface area contributed by atoms with Crippen LogP contribution in [-0.2, 0) is 33.3 Å². The summed E-state index contributed by atoms with van der Waals surface area (Å²) in [4.78, 5) is 26.2. The monoisotopic (exact) mass is 528 g/mol. The van der Waals surface area contributed by atoms with Crippen molar-refractivity contribution in [2.75, 3.05) is 19.8 Å². The summed E-state index contributed by atoms with van der Waals surface area (Å²) in [5.41, 5.74) is -1.76. The normalized spacial score (nSPS) is 48.7. The van der Waals surface area contributed by atoms with Gasteiger partial charge in [0.15, 0.2) is 0 Å². The zero-order valence-corrected chi connectivity index (χ0v) is 22.1. The van der Waals surface area contributed by atoms with E-state index >= 15 is 0 Å². The number of allylic oxidation sites excluding steroid dienone is 3. The van der Waals surface area contributed by atoms with E-state index in [0.717, 1.165) is 6.42 Å². The largest absolute Gasteiger partial charge is 0.462 e. The Hall–Kier alpha value is -2.30. The molecule has 0 aromatic carbocycles. The molecule has 9 nitrogen and oxygen atoms in total. The fourth-order valence-electron chi connectivity index (χ4n) is 7.68. The van der Waals surface area contributed by atoms with Crippen LogP contribution >= 0.6 is 0 Å². The maximum absolute atomic E-state index is 13.2. The summed E-state index contributed by atoms with van der Waals surface area (Å²) >= 11 is 0. The van der Waals surface area contributed by atoms with Gasteiger partial charge in [0.2, 0.25) is 0 Å². The Kier molecular flexibility index (Phi) is 6.05. The van der Waals surface area contributed by atoms with Crippen molar-refractivity contribution < 1.29 is 43.5 Å². The van der Waals surface area contributed by atoms with E-state index in [9.17, 15) is 19.8 Å². The first kappa shape index (κ1) is 26.0. The van der Waals surface area contributed by atoms with Crippen LogP contribution in [-0.4, -0.2) is 83.7 Å². The van der Waals surface area contributed by atoms with Crippen molar-refractivity contribution in [2.45, 2.75) is 88.2 Å². The molecule has 4 heterocycles. The lowest BCUT2D eigenvalue weighted by molar-refractivity contribution is -0.232. The number of aliphatic hydroxyl groups is 2. The average molecular weight is 529 g/mol. The molecule has 206 valence electrons. The van der Waals surface area contributed by atoms with Crippen LogP contribution in [0.5, 0.6) is 0 Å². The minimum absolute atomic E-state index is 0.0519. The van der Waals surface area contributed by atoms with E-state index in [2.05, 4.69) is 19.9 Å². The highest BCUT2D eigenvalue weighted by atomic mass is 16.6. The van der Waals surface area contributed by atoms with Gasteiger partial charge in [0.25, 0.3) is 0 Å². The molecule has 2 spiro atoms. The fraction of sp³-hybridized carbons (Fsp3) is 0.655. The molecule has 4 fully saturated rings. The average Bonchev–Trinajstić information content (AvgIpc) is 3.65. The molecule has 0 aromatic heterocycles. The van der Waals surface area contributed by atoms with Crippen LogP contribution in [0.25, 0.3) is 0 Å². The van der Waals surface area contributed by atoms with E-state index in [-0.39, 0.29) is 25.4 Å². The highest BCUT2D eigenvalue weighted by Crippen LogP contribution is 2.72. The van der Waals surface area contributed by atoms with Gasteiger partial charge in [0, 0.05) is 24.0 Å². The predicted octanol–water partition coefficient (Wildman–Crippen LogP) is 2.07. The lowest BCUT2D eigenvalue weighted by atomic mass is 9.51. The minimum Gasteiger partial charge on any atom is -0.462 e. The van der Waals surface area contributed by atoms with Crippen molar-refractivity contribution in [3.8, 4) is 0 Å². The van der Waals surface area contributed by atoms with E-state index in [0.29, 0.717) is 31.4 Å². The van der Waals surface area contributed by atoms with Gasteiger partial charge >= 0.3 is 11.9 Å². The topological polar surface area (TPSA) is 124 Å². The van der Waals surface area contributed by atoms with Gasteiger partial charge < -0.3 is 33.9 Å². The third kappa shape index (κ3) is 3.48. The molecule has 38 heavy (non-hydrogen) atoms. The summed E-state index contributed by atoms with van der Waals surface area (Å²) < 4.78 is 30.6. The Labute approximate surface area is 222 Å². The molecule has 0 aromatic rings. The van der Waals surface area contributed by atoms with Crippen LogP contribution < -0.4 is 0 Å². The van der Waals surface area contributed by atoms with Crippen LogP contribution in [0.15, 0.2) is 47.6 Å². The summed E-state index contributed by atoms with van der Waals surface area (Å²) in [6.45, 7) is 6.43. The number of fused-ring (bicyclic) bond motifs is 2. The first-order valence-electron chi connectivity index (χ1n) is 13.5. The summed E-state index contributed by atoms with van der Waals surface area (Å²) in [5.74, 6) is -1.10. The standard InChI is InChI=1S/C29H36O9/c1-17-7-10-27-15-34-24(32)13-19-8-11-35-28(18(2)30,25(19)33)9-5-4-6-23(31)38-20-14-22(37-21(27)12-17)29(16-36-29)26(20,27)3/h4-6,9,12-13,18,20-22,25,30,33H,7-8,10-11,14-16H2,1-3H3/b6-4-,9-5-,19-13?. The number of carbonyl (C=O) groups is 2. The quantitative estimate of drug-likeness (QED) is 0.299. The first-order chi connectivity index (χ1) is 18.1. The van der Waals surface area contributed by atoms with Gasteiger partial charge in [-0.05, 0) is 44.8 Å².